The maximum Gasteiger partial charge on any atom is 0.0474 e. The minimum absolute atomic E-state index is 0.690. The van der Waals surface area contributed by atoms with Gasteiger partial charge in [0.2, 0.25) is 0 Å². The third-order valence-corrected chi connectivity index (χ3v) is 4.58. The molecule has 3 heteroatoms. The van der Waals surface area contributed by atoms with Crippen LogP contribution in [0.2, 0.25) is 0 Å². The van der Waals surface area contributed by atoms with Crippen molar-refractivity contribution >= 4 is 0 Å². The van der Waals surface area contributed by atoms with E-state index in [0.717, 1.165) is 32.0 Å². The van der Waals surface area contributed by atoms with Gasteiger partial charge in [0, 0.05) is 32.3 Å². The molecular weight excluding hydrogens is 236 g/mol. The lowest BCUT2D eigenvalue weighted by atomic mass is 9.80. The third-order valence-electron chi connectivity index (χ3n) is 4.58. The molecule has 0 aromatic carbocycles. The first kappa shape index (κ1) is 16.9. The molecule has 0 saturated heterocycles. The van der Waals surface area contributed by atoms with Crippen LogP contribution in [0.3, 0.4) is 0 Å². The van der Waals surface area contributed by atoms with Crippen LogP contribution in [0, 0.1) is 5.92 Å². The highest BCUT2D eigenvalue weighted by atomic mass is 16.5. The van der Waals surface area contributed by atoms with Crippen LogP contribution < -0.4 is 5.32 Å². The lowest BCUT2D eigenvalue weighted by Crippen LogP contribution is -2.52. The van der Waals surface area contributed by atoms with E-state index in [1.54, 1.807) is 7.11 Å². The molecule has 0 aliphatic heterocycles. The minimum atomic E-state index is 0.690. The predicted octanol–water partition coefficient (Wildman–Crippen LogP) is 2.90. The van der Waals surface area contributed by atoms with Gasteiger partial charge in [0.1, 0.15) is 0 Å². The van der Waals surface area contributed by atoms with Crippen LogP contribution in [-0.4, -0.2) is 50.8 Å². The second-order valence-corrected chi connectivity index (χ2v) is 6.04. The summed E-state index contributed by atoms with van der Waals surface area (Å²) in [7, 11) is 4.08. The summed E-state index contributed by atoms with van der Waals surface area (Å²) in [5.74, 6) is 0.926. The van der Waals surface area contributed by atoms with E-state index >= 15 is 0 Å². The van der Waals surface area contributed by atoms with Crippen molar-refractivity contribution in [2.24, 2.45) is 5.92 Å². The fourth-order valence-corrected chi connectivity index (χ4v) is 3.28. The van der Waals surface area contributed by atoms with Crippen molar-refractivity contribution in [3.63, 3.8) is 0 Å². The maximum atomic E-state index is 5.17. The summed E-state index contributed by atoms with van der Waals surface area (Å²) >= 11 is 0. The second-order valence-electron chi connectivity index (χ2n) is 6.04. The van der Waals surface area contributed by atoms with E-state index in [2.05, 4.69) is 31.1 Å². The minimum Gasteiger partial charge on any atom is -0.385 e. The molecule has 1 aliphatic rings. The van der Waals surface area contributed by atoms with Gasteiger partial charge in [-0.05, 0) is 51.6 Å². The molecule has 1 aliphatic carbocycles. The lowest BCUT2D eigenvalue weighted by molar-refractivity contribution is 0.105. The number of ether oxygens (including phenoxy) is 1. The highest BCUT2D eigenvalue weighted by Gasteiger charge is 2.31. The third kappa shape index (κ3) is 5.80. The molecule has 3 nitrogen and oxygen atoms in total. The van der Waals surface area contributed by atoms with Crippen LogP contribution in [-0.2, 0) is 4.74 Å². The largest absolute Gasteiger partial charge is 0.385 e. The quantitative estimate of drug-likeness (QED) is 0.652. The monoisotopic (exact) mass is 270 g/mol. The van der Waals surface area contributed by atoms with Gasteiger partial charge in [-0.1, -0.05) is 20.3 Å². The van der Waals surface area contributed by atoms with Crippen molar-refractivity contribution in [3.8, 4) is 0 Å². The fourth-order valence-electron chi connectivity index (χ4n) is 3.28. The average molecular weight is 270 g/mol. The van der Waals surface area contributed by atoms with E-state index in [1.165, 1.54) is 32.1 Å². The fraction of sp³-hybridized carbons (Fsp3) is 1.00. The zero-order chi connectivity index (χ0) is 14.1. The first-order valence-electron chi connectivity index (χ1n) is 8.15. The molecule has 1 fully saturated rings. The summed E-state index contributed by atoms with van der Waals surface area (Å²) in [5, 5.41) is 3.76. The van der Waals surface area contributed by atoms with Gasteiger partial charge in [-0.25, -0.2) is 0 Å². The number of nitrogens with one attached hydrogen (secondary N) is 1. The number of rotatable bonds is 9. The van der Waals surface area contributed by atoms with Crippen LogP contribution in [0.1, 0.15) is 52.4 Å². The Balaban J connectivity index is 2.48. The number of likely N-dealkylation sites (N-methyl/N-ethyl adjacent to an activating group) is 1. The molecule has 1 N–H and O–H groups in total. The van der Waals surface area contributed by atoms with Gasteiger partial charge < -0.3 is 15.0 Å². The SMILES string of the molecule is CCCNC1CCC(CC)CC1N(C)CCCOC. The molecule has 0 heterocycles. The molecule has 3 unspecified atom stereocenters. The Morgan fingerprint density at radius 1 is 1.26 bits per heavy atom. The van der Waals surface area contributed by atoms with Gasteiger partial charge in [0.15, 0.2) is 0 Å². The molecular formula is C16H34N2O. The summed E-state index contributed by atoms with van der Waals surface area (Å²) in [4.78, 5) is 2.56. The highest BCUT2D eigenvalue weighted by molar-refractivity contribution is 4.90. The van der Waals surface area contributed by atoms with Crippen LogP contribution in [0.15, 0.2) is 0 Å². The van der Waals surface area contributed by atoms with E-state index < -0.39 is 0 Å². The molecule has 0 spiro atoms. The molecule has 1 saturated carbocycles. The molecule has 114 valence electrons. The Bertz CT molecular complexity index is 223. The van der Waals surface area contributed by atoms with Crippen LogP contribution in [0.4, 0.5) is 0 Å². The van der Waals surface area contributed by atoms with Gasteiger partial charge in [0.25, 0.3) is 0 Å². The van der Waals surface area contributed by atoms with E-state index in [9.17, 15) is 0 Å². The van der Waals surface area contributed by atoms with Gasteiger partial charge >= 0.3 is 0 Å². The van der Waals surface area contributed by atoms with Crippen molar-refractivity contribution < 1.29 is 4.74 Å². The molecule has 1 rings (SSSR count). The van der Waals surface area contributed by atoms with E-state index in [4.69, 9.17) is 4.74 Å². The van der Waals surface area contributed by atoms with Crippen molar-refractivity contribution in [2.75, 3.05) is 33.9 Å². The maximum absolute atomic E-state index is 5.17. The summed E-state index contributed by atoms with van der Waals surface area (Å²) in [6.07, 6.45) is 7.82. The van der Waals surface area contributed by atoms with Crippen molar-refractivity contribution in [3.05, 3.63) is 0 Å². The van der Waals surface area contributed by atoms with Gasteiger partial charge in [-0.15, -0.1) is 0 Å². The molecule has 19 heavy (non-hydrogen) atoms. The normalized spacial score (nSPS) is 27.9. The van der Waals surface area contributed by atoms with Gasteiger partial charge in [-0.3, -0.25) is 0 Å². The van der Waals surface area contributed by atoms with E-state index in [-0.39, 0.29) is 0 Å². The molecule has 0 aromatic heterocycles. The van der Waals surface area contributed by atoms with Crippen molar-refractivity contribution in [2.45, 2.75) is 64.5 Å². The molecule has 0 bridgehead atoms. The topological polar surface area (TPSA) is 24.5 Å². The number of methoxy groups -OCH3 is 1. The summed E-state index contributed by atoms with van der Waals surface area (Å²) in [5.41, 5.74) is 0. The smallest absolute Gasteiger partial charge is 0.0474 e. The Hall–Kier alpha value is -0.120. The molecule has 0 amide bonds. The van der Waals surface area contributed by atoms with Crippen LogP contribution >= 0.6 is 0 Å². The van der Waals surface area contributed by atoms with Crippen molar-refractivity contribution in [1.29, 1.82) is 0 Å². The van der Waals surface area contributed by atoms with Crippen LogP contribution in [0.25, 0.3) is 0 Å². The van der Waals surface area contributed by atoms with Gasteiger partial charge in [-0.2, -0.15) is 0 Å². The number of nitrogens with zero attached hydrogens (tertiary/aromatic N) is 1. The zero-order valence-corrected chi connectivity index (χ0v) is 13.5. The summed E-state index contributed by atoms with van der Waals surface area (Å²) in [6, 6.07) is 1.40. The van der Waals surface area contributed by atoms with Crippen molar-refractivity contribution in [1.82, 2.24) is 10.2 Å². The van der Waals surface area contributed by atoms with E-state index in [0.29, 0.717) is 12.1 Å². The Morgan fingerprint density at radius 2 is 2.05 bits per heavy atom. The molecule has 0 aromatic rings. The standard InChI is InChI=1S/C16H34N2O/c1-5-10-17-15-9-8-14(6-2)13-16(15)18(3)11-7-12-19-4/h14-17H,5-13H2,1-4H3. The van der Waals surface area contributed by atoms with E-state index in [1.807, 2.05) is 0 Å². The lowest BCUT2D eigenvalue weighted by Gasteiger charge is -2.41. The summed E-state index contributed by atoms with van der Waals surface area (Å²) in [6.45, 7) is 7.78. The second kappa shape index (κ2) is 9.73. The van der Waals surface area contributed by atoms with Gasteiger partial charge in [0.05, 0.1) is 0 Å². The Labute approximate surface area is 120 Å². The Kier molecular flexibility index (Phi) is 8.67. The predicted molar refractivity (Wildman–Crippen MR) is 82.6 cm³/mol. The average Bonchev–Trinajstić information content (AvgIpc) is 2.45. The Morgan fingerprint density at radius 3 is 2.68 bits per heavy atom. The summed E-state index contributed by atoms with van der Waals surface area (Å²) < 4.78 is 5.17. The highest BCUT2D eigenvalue weighted by Crippen LogP contribution is 2.29. The molecule has 0 radical (unpaired) electrons. The first-order chi connectivity index (χ1) is 9.22. The molecule has 3 atom stereocenters. The number of hydrogen-bond donors (Lipinski definition) is 1. The van der Waals surface area contributed by atoms with Crippen LogP contribution in [0.5, 0.6) is 0 Å². The first-order valence-corrected chi connectivity index (χ1v) is 8.15. The number of hydrogen-bond acceptors (Lipinski definition) is 3. The zero-order valence-electron chi connectivity index (χ0n) is 13.5.